The molecule has 0 atom stereocenters. The molecular weight excluding hydrogens is 696 g/mol. The van der Waals surface area contributed by atoms with Crippen molar-refractivity contribution >= 4 is 54.9 Å². The van der Waals surface area contributed by atoms with Gasteiger partial charge < -0.3 is 4.74 Å². The molecule has 234 valence electrons. The summed E-state index contributed by atoms with van der Waals surface area (Å²) in [6.07, 6.45) is -7.22. The van der Waals surface area contributed by atoms with Gasteiger partial charge in [0.05, 0.1) is 19.7 Å². The summed E-state index contributed by atoms with van der Waals surface area (Å²) in [5.41, 5.74) is 0. The van der Waals surface area contributed by atoms with Gasteiger partial charge in [-0.05, 0) is 58.8 Å². The van der Waals surface area contributed by atoms with E-state index in [9.17, 15) is 47.9 Å². The zero-order valence-electron chi connectivity index (χ0n) is 21.2. The maximum absolute atomic E-state index is 15.0. The first-order valence-corrected chi connectivity index (χ1v) is 16.8. The van der Waals surface area contributed by atoms with Crippen molar-refractivity contribution in [3.8, 4) is 5.06 Å². The van der Waals surface area contributed by atoms with Crippen LogP contribution in [0.4, 0.5) is 39.5 Å². The standard InChI is InChI=1S/C25H17F9O4S5/c1-37-18-12-13-19(39-18)40-20-14-15-21(41-20)42(16-8-4-2-5-9-16,17-10-6-3-7-11-17)38-43(35,36)25(33,34)23(28,29)22(26,27)24(30,31)32/h2-15H,1H3. The van der Waals surface area contributed by atoms with Gasteiger partial charge in [-0.2, -0.15) is 47.9 Å². The van der Waals surface area contributed by atoms with E-state index in [1.807, 2.05) is 0 Å². The first kappa shape index (κ1) is 33.5. The summed E-state index contributed by atoms with van der Waals surface area (Å²) in [4.78, 5) is -0.301. The van der Waals surface area contributed by atoms with Gasteiger partial charge in [-0.1, -0.05) is 59.5 Å². The van der Waals surface area contributed by atoms with Crippen LogP contribution in [0.5, 0.6) is 5.06 Å². The third-order valence-electron chi connectivity index (χ3n) is 5.57. The van der Waals surface area contributed by atoms with Gasteiger partial charge in [-0.25, -0.2) is 3.63 Å². The minimum Gasteiger partial charge on any atom is -0.487 e. The smallest absolute Gasteiger partial charge is 0.460 e. The van der Waals surface area contributed by atoms with E-state index in [2.05, 4.69) is 0 Å². The summed E-state index contributed by atoms with van der Waals surface area (Å²) >= 11 is 3.22. The maximum atomic E-state index is 15.0. The minimum absolute atomic E-state index is 0.110. The molecule has 2 heterocycles. The van der Waals surface area contributed by atoms with Gasteiger partial charge in [0, 0.05) is 9.79 Å². The molecule has 0 saturated carbocycles. The molecule has 0 aliphatic carbocycles. The molecular formula is C25H17F9O4S5. The van der Waals surface area contributed by atoms with Crippen LogP contribution in [-0.4, -0.2) is 38.8 Å². The molecule has 18 heteroatoms. The van der Waals surface area contributed by atoms with E-state index in [1.54, 1.807) is 12.1 Å². The Balaban J connectivity index is 1.93. The van der Waals surface area contributed by atoms with Gasteiger partial charge in [-0.3, -0.25) is 0 Å². The summed E-state index contributed by atoms with van der Waals surface area (Å²) < 4.78 is 161. The summed E-state index contributed by atoms with van der Waals surface area (Å²) in [6.45, 7) is 0. The van der Waals surface area contributed by atoms with Crippen LogP contribution >= 0.6 is 44.7 Å². The summed E-state index contributed by atoms with van der Waals surface area (Å²) in [7, 11) is -9.84. The number of hydrogen-bond donors (Lipinski definition) is 0. The minimum atomic E-state index is -7.45. The summed E-state index contributed by atoms with van der Waals surface area (Å²) in [6, 6.07) is 19.3. The Morgan fingerprint density at radius 2 is 1.14 bits per heavy atom. The summed E-state index contributed by atoms with van der Waals surface area (Å²) in [5, 5.41) is -6.48. The highest BCUT2D eigenvalue weighted by atomic mass is 32.3. The SMILES string of the molecule is COc1ccc(Sc2ccc(S(OS(=O)(=O)C(F)(F)C(F)(F)C(F)(F)C(F)(F)F)(c3ccccc3)c3ccccc3)s2)s1. The van der Waals surface area contributed by atoms with Crippen LogP contribution in [0.25, 0.3) is 0 Å². The Hall–Kier alpha value is -2.38. The molecule has 43 heavy (non-hydrogen) atoms. The predicted octanol–water partition coefficient (Wildman–Crippen LogP) is 9.94. The van der Waals surface area contributed by atoms with E-state index in [0.717, 1.165) is 23.1 Å². The van der Waals surface area contributed by atoms with Crippen LogP contribution in [0.1, 0.15) is 0 Å². The van der Waals surface area contributed by atoms with E-state index < -0.39 is 43.7 Å². The first-order chi connectivity index (χ1) is 19.9. The Kier molecular flexibility index (Phi) is 9.23. The Bertz CT molecular complexity index is 1620. The lowest BCUT2D eigenvalue weighted by atomic mass is 10.1. The fourth-order valence-electron chi connectivity index (χ4n) is 3.48. The van der Waals surface area contributed by atoms with E-state index in [4.69, 9.17) is 8.37 Å². The molecule has 0 spiro atoms. The fraction of sp³-hybridized carbons (Fsp3) is 0.200. The van der Waals surface area contributed by atoms with Gasteiger partial charge >= 0.3 is 33.4 Å². The highest BCUT2D eigenvalue weighted by Gasteiger charge is 2.86. The topological polar surface area (TPSA) is 52.6 Å². The summed E-state index contributed by atoms with van der Waals surface area (Å²) in [5.74, 6) is -14.9. The molecule has 0 unspecified atom stereocenters. The lowest BCUT2D eigenvalue weighted by Crippen LogP contribution is -2.63. The van der Waals surface area contributed by atoms with E-state index in [-0.39, 0.29) is 14.0 Å². The number of halogens is 9. The van der Waals surface area contributed by atoms with Gasteiger partial charge in [0.1, 0.15) is 0 Å². The average Bonchev–Trinajstić information content (AvgIpc) is 3.62. The molecule has 2 aromatic heterocycles. The van der Waals surface area contributed by atoms with Crippen LogP contribution in [0.15, 0.2) is 107 Å². The molecule has 4 aromatic rings. The van der Waals surface area contributed by atoms with Crippen LogP contribution in [0.3, 0.4) is 0 Å². The van der Waals surface area contributed by atoms with Crippen molar-refractivity contribution in [3.05, 3.63) is 84.9 Å². The zero-order chi connectivity index (χ0) is 31.9. The second-order valence-corrected chi connectivity index (χ2v) is 16.8. The Labute approximate surface area is 253 Å². The lowest BCUT2D eigenvalue weighted by molar-refractivity contribution is -0.382. The molecule has 0 radical (unpaired) electrons. The molecule has 0 bridgehead atoms. The van der Waals surface area contributed by atoms with Crippen LogP contribution < -0.4 is 4.74 Å². The monoisotopic (exact) mass is 712 g/mol. The molecule has 0 amide bonds. The zero-order valence-corrected chi connectivity index (χ0v) is 25.2. The largest absolute Gasteiger partial charge is 0.487 e. The van der Waals surface area contributed by atoms with Crippen molar-refractivity contribution in [2.24, 2.45) is 0 Å². The highest BCUT2D eigenvalue weighted by Crippen LogP contribution is 2.73. The third-order valence-corrected chi connectivity index (χ3v) is 14.7. The van der Waals surface area contributed by atoms with E-state index in [0.29, 0.717) is 13.5 Å². The number of methoxy groups -OCH3 is 1. The predicted molar refractivity (Wildman–Crippen MR) is 145 cm³/mol. The molecule has 0 aliphatic rings. The molecule has 0 saturated heterocycles. The van der Waals surface area contributed by atoms with Crippen molar-refractivity contribution < 1.29 is 56.3 Å². The van der Waals surface area contributed by atoms with Gasteiger partial charge in [0.2, 0.25) is 0 Å². The van der Waals surface area contributed by atoms with Crippen molar-refractivity contribution in [3.63, 3.8) is 0 Å². The molecule has 2 aromatic carbocycles. The highest BCUT2D eigenvalue weighted by molar-refractivity contribution is 8.34. The quantitative estimate of drug-likeness (QED) is 0.145. The Morgan fingerprint density at radius 3 is 1.60 bits per heavy atom. The third kappa shape index (κ3) is 5.88. The molecule has 4 rings (SSSR count). The van der Waals surface area contributed by atoms with Crippen molar-refractivity contribution in [1.29, 1.82) is 0 Å². The second-order valence-electron chi connectivity index (χ2n) is 8.32. The normalized spacial score (nSPS) is 14.1. The fourth-order valence-corrected chi connectivity index (χ4v) is 13.1. The number of ether oxygens (including phenoxy) is 1. The molecule has 0 fully saturated rings. The molecule has 0 N–H and O–H groups in total. The van der Waals surface area contributed by atoms with E-state index in [1.165, 1.54) is 91.2 Å². The number of hydrogen-bond acceptors (Lipinski definition) is 7. The van der Waals surface area contributed by atoms with E-state index >= 15 is 0 Å². The number of benzene rings is 2. The lowest BCUT2D eigenvalue weighted by Gasteiger charge is -2.40. The number of thiophene rings is 2. The maximum Gasteiger partial charge on any atom is 0.460 e. The van der Waals surface area contributed by atoms with Crippen molar-refractivity contribution in [1.82, 2.24) is 0 Å². The van der Waals surface area contributed by atoms with Crippen molar-refractivity contribution in [2.45, 2.75) is 45.7 Å². The van der Waals surface area contributed by atoms with Crippen LogP contribution in [0, 0.1) is 0 Å². The van der Waals surface area contributed by atoms with Crippen molar-refractivity contribution in [2.75, 3.05) is 7.11 Å². The molecule has 0 aliphatic heterocycles. The van der Waals surface area contributed by atoms with Gasteiger partial charge in [-0.15, -0.1) is 11.3 Å². The average molecular weight is 713 g/mol. The van der Waals surface area contributed by atoms with Gasteiger partial charge in [0.25, 0.3) is 0 Å². The Morgan fingerprint density at radius 1 is 0.651 bits per heavy atom. The number of rotatable bonds is 11. The van der Waals surface area contributed by atoms with Crippen LogP contribution in [0.2, 0.25) is 0 Å². The first-order valence-electron chi connectivity index (χ1n) is 11.4. The number of alkyl halides is 9. The second kappa shape index (κ2) is 11.8. The molecule has 4 nitrogen and oxygen atoms in total. The van der Waals surface area contributed by atoms with Gasteiger partial charge in [0.15, 0.2) is 5.06 Å². The van der Waals surface area contributed by atoms with Crippen LogP contribution in [-0.2, 0) is 13.7 Å².